The Balaban J connectivity index is 2.44. The van der Waals surface area contributed by atoms with Gasteiger partial charge in [0.25, 0.3) is 5.91 Å². The van der Waals surface area contributed by atoms with Crippen molar-refractivity contribution in [1.29, 1.82) is 0 Å². The lowest BCUT2D eigenvalue weighted by molar-refractivity contribution is -0.127. The maximum Gasteiger partial charge on any atom is 0.422 e. The molecule has 0 radical (unpaired) electrons. The summed E-state index contributed by atoms with van der Waals surface area (Å²) >= 11 is 11.6. The fourth-order valence-corrected chi connectivity index (χ4v) is 1.80. The second kappa shape index (κ2) is 3.89. The summed E-state index contributed by atoms with van der Waals surface area (Å²) in [6.45, 7) is 3.06. The number of cyclic esters (lactones) is 1. The average Bonchev–Trinajstić information content (AvgIpc) is 2.42. The summed E-state index contributed by atoms with van der Waals surface area (Å²) in [5.41, 5.74) is -0.802. The number of halogens is 2. The summed E-state index contributed by atoms with van der Waals surface area (Å²) in [4.78, 5) is 24.5. The molecule has 1 aromatic rings. The molecule has 1 aromatic carbocycles. The number of hydrogen-bond acceptors (Lipinski definition) is 3. The van der Waals surface area contributed by atoms with Gasteiger partial charge in [-0.3, -0.25) is 4.79 Å². The molecule has 1 aliphatic heterocycles. The number of benzene rings is 1. The molecular formula is C11H9Cl2NO3. The Morgan fingerprint density at radius 1 is 1.18 bits per heavy atom. The van der Waals surface area contributed by atoms with Crippen molar-refractivity contribution in [3.63, 3.8) is 0 Å². The summed E-state index contributed by atoms with van der Waals surface area (Å²) in [6.07, 6.45) is -0.710. The zero-order valence-corrected chi connectivity index (χ0v) is 10.7. The van der Waals surface area contributed by atoms with Gasteiger partial charge in [-0.15, -0.1) is 0 Å². The van der Waals surface area contributed by atoms with E-state index in [2.05, 4.69) is 0 Å². The van der Waals surface area contributed by atoms with Gasteiger partial charge in [0.1, 0.15) is 0 Å². The Morgan fingerprint density at radius 3 is 2.29 bits per heavy atom. The van der Waals surface area contributed by atoms with Crippen molar-refractivity contribution < 1.29 is 14.3 Å². The van der Waals surface area contributed by atoms with Crippen LogP contribution in [0.15, 0.2) is 18.2 Å². The van der Waals surface area contributed by atoms with Crippen molar-refractivity contribution in [3.05, 3.63) is 28.2 Å². The van der Waals surface area contributed by atoms with Gasteiger partial charge in [-0.2, -0.15) is 0 Å². The van der Waals surface area contributed by atoms with Crippen LogP contribution in [0.4, 0.5) is 10.5 Å². The largest absolute Gasteiger partial charge is 0.433 e. The summed E-state index contributed by atoms with van der Waals surface area (Å²) in [7, 11) is 0. The van der Waals surface area contributed by atoms with E-state index in [0.29, 0.717) is 10.7 Å². The molecule has 0 bridgehead atoms. The number of carbonyl (C=O) groups is 2. The standard InChI is InChI=1S/C11H9Cl2NO3/c1-11(2)9(15)14(10(16)17-11)6-3-4-7(12)8(13)5-6/h3-5H,1-2H3. The van der Waals surface area contributed by atoms with Crippen LogP contribution < -0.4 is 4.90 Å². The number of amides is 2. The van der Waals surface area contributed by atoms with Gasteiger partial charge in [0.05, 0.1) is 15.7 Å². The van der Waals surface area contributed by atoms with Crippen molar-refractivity contribution in [3.8, 4) is 0 Å². The fourth-order valence-electron chi connectivity index (χ4n) is 1.51. The van der Waals surface area contributed by atoms with Crippen LogP contribution in [-0.2, 0) is 9.53 Å². The van der Waals surface area contributed by atoms with Gasteiger partial charge in [0.2, 0.25) is 0 Å². The first kappa shape index (κ1) is 12.2. The van der Waals surface area contributed by atoms with E-state index < -0.39 is 17.6 Å². The quantitative estimate of drug-likeness (QED) is 0.789. The second-order valence-electron chi connectivity index (χ2n) is 4.12. The molecular weight excluding hydrogens is 265 g/mol. The highest BCUT2D eigenvalue weighted by molar-refractivity contribution is 6.42. The number of ether oxygens (including phenoxy) is 1. The van der Waals surface area contributed by atoms with E-state index in [1.54, 1.807) is 0 Å². The maximum atomic E-state index is 11.9. The molecule has 1 saturated heterocycles. The summed E-state index contributed by atoms with van der Waals surface area (Å²) < 4.78 is 4.96. The molecule has 17 heavy (non-hydrogen) atoms. The SMILES string of the molecule is CC1(C)OC(=O)N(c2ccc(Cl)c(Cl)c2)C1=O. The molecule has 0 unspecified atom stereocenters. The van der Waals surface area contributed by atoms with E-state index in [1.807, 2.05) is 0 Å². The van der Waals surface area contributed by atoms with Crippen molar-refractivity contribution in [2.24, 2.45) is 0 Å². The van der Waals surface area contributed by atoms with Crippen LogP contribution in [0.3, 0.4) is 0 Å². The monoisotopic (exact) mass is 273 g/mol. The van der Waals surface area contributed by atoms with Crippen LogP contribution >= 0.6 is 23.2 Å². The van der Waals surface area contributed by atoms with Gasteiger partial charge in [-0.1, -0.05) is 23.2 Å². The minimum atomic E-state index is -1.15. The number of carbonyl (C=O) groups excluding carboxylic acids is 2. The Bertz CT molecular complexity index is 513. The Labute approximate surface area is 108 Å². The number of anilines is 1. The number of imide groups is 1. The zero-order chi connectivity index (χ0) is 12.8. The molecule has 4 nitrogen and oxygen atoms in total. The molecule has 0 saturated carbocycles. The van der Waals surface area contributed by atoms with Crippen LogP contribution in [0.1, 0.15) is 13.8 Å². The van der Waals surface area contributed by atoms with Crippen molar-refractivity contribution in [1.82, 2.24) is 0 Å². The molecule has 0 N–H and O–H groups in total. The Hall–Kier alpha value is -1.26. The van der Waals surface area contributed by atoms with Crippen molar-refractivity contribution in [2.45, 2.75) is 19.4 Å². The van der Waals surface area contributed by atoms with E-state index in [-0.39, 0.29) is 5.02 Å². The summed E-state index contributed by atoms with van der Waals surface area (Å²) in [5, 5.41) is 0.629. The molecule has 90 valence electrons. The molecule has 0 aliphatic carbocycles. The smallest absolute Gasteiger partial charge is 0.422 e. The molecule has 2 amide bonds. The lowest BCUT2D eigenvalue weighted by Crippen LogP contribution is -2.36. The van der Waals surface area contributed by atoms with Crippen LogP contribution in [-0.4, -0.2) is 17.6 Å². The number of nitrogens with zero attached hydrogens (tertiary/aromatic N) is 1. The van der Waals surface area contributed by atoms with Crippen LogP contribution in [0.2, 0.25) is 10.0 Å². The zero-order valence-electron chi connectivity index (χ0n) is 9.16. The van der Waals surface area contributed by atoms with E-state index >= 15 is 0 Å². The van der Waals surface area contributed by atoms with Gasteiger partial charge in [-0.25, -0.2) is 9.69 Å². The van der Waals surface area contributed by atoms with Gasteiger partial charge < -0.3 is 4.74 Å². The van der Waals surface area contributed by atoms with E-state index in [0.717, 1.165) is 4.90 Å². The van der Waals surface area contributed by atoms with Crippen LogP contribution in [0.25, 0.3) is 0 Å². The second-order valence-corrected chi connectivity index (χ2v) is 4.93. The van der Waals surface area contributed by atoms with Crippen molar-refractivity contribution in [2.75, 3.05) is 4.90 Å². The first-order valence-electron chi connectivity index (χ1n) is 4.85. The lowest BCUT2D eigenvalue weighted by Gasteiger charge is -2.14. The normalized spacial score (nSPS) is 18.5. The highest BCUT2D eigenvalue weighted by atomic mass is 35.5. The first-order valence-corrected chi connectivity index (χ1v) is 5.61. The molecule has 1 fully saturated rings. The predicted molar refractivity (Wildman–Crippen MR) is 64.5 cm³/mol. The van der Waals surface area contributed by atoms with Crippen LogP contribution in [0, 0.1) is 0 Å². The van der Waals surface area contributed by atoms with Crippen molar-refractivity contribution >= 4 is 40.9 Å². The summed E-state index contributed by atoms with van der Waals surface area (Å²) in [6, 6.07) is 4.50. The molecule has 0 atom stereocenters. The van der Waals surface area contributed by atoms with Gasteiger partial charge in [0, 0.05) is 0 Å². The average molecular weight is 274 g/mol. The summed E-state index contributed by atoms with van der Waals surface area (Å²) in [5.74, 6) is -0.430. The number of hydrogen-bond donors (Lipinski definition) is 0. The third-order valence-corrected chi connectivity index (χ3v) is 3.14. The van der Waals surface area contributed by atoms with E-state index in [1.165, 1.54) is 32.0 Å². The predicted octanol–water partition coefficient (Wildman–Crippen LogP) is 3.26. The van der Waals surface area contributed by atoms with Gasteiger partial charge in [0.15, 0.2) is 5.60 Å². The van der Waals surface area contributed by atoms with Crippen LogP contribution in [0.5, 0.6) is 0 Å². The minimum absolute atomic E-state index is 0.273. The molecule has 6 heteroatoms. The first-order chi connectivity index (χ1) is 7.83. The minimum Gasteiger partial charge on any atom is -0.433 e. The topological polar surface area (TPSA) is 46.6 Å². The fraction of sp³-hybridized carbons (Fsp3) is 0.273. The molecule has 1 heterocycles. The molecule has 2 rings (SSSR count). The highest BCUT2D eigenvalue weighted by Crippen LogP contribution is 2.32. The number of rotatable bonds is 1. The molecule has 1 aliphatic rings. The van der Waals surface area contributed by atoms with Gasteiger partial charge in [-0.05, 0) is 32.0 Å². The molecule has 0 aromatic heterocycles. The van der Waals surface area contributed by atoms with E-state index in [4.69, 9.17) is 27.9 Å². The third kappa shape index (κ3) is 1.98. The van der Waals surface area contributed by atoms with Gasteiger partial charge >= 0.3 is 6.09 Å². The lowest BCUT2D eigenvalue weighted by atomic mass is 10.1. The Kier molecular flexibility index (Phi) is 2.79. The third-order valence-electron chi connectivity index (χ3n) is 2.40. The Morgan fingerprint density at radius 2 is 1.82 bits per heavy atom. The highest BCUT2D eigenvalue weighted by Gasteiger charge is 2.47. The maximum absolute atomic E-state index is 11.9. The van der Waals surface area contributed by atoms with E-state index in [9.17, 15) is 9.59 Å². The molecule has 0 spiro atoms.